The molecule has 2 fully saturated rings. The molecule has 2 aliphatic rings. The standard InChI is InChI=1S/C16H23F2N3O3/c17-16(18)4-5-21(11-16)15(22)14(12-1-6-23-7-2-12)10-19-9-13-3-8-24-20-13/h3,8,12,14,19H,1-2,4-7,9-11H2. The van der Waals surface area contributed by atoms with Gasteiger partial charge in [0.25, 0.3) is 5.92 Å². The third kappa shape index (κ3) is 4.30. The third-order valence-electron chi connectivity index (χ3n) is 4.80. The molecule has 1 aromatic heterocycles. The third-order valence-corrected chi connectivity index (χ3v) is 4.80. The number of carbonyl (C=O) groups excluding carboxylic acids is 1. The molecule has 8 heteroatoms. The predicted octanol–water partition coefficient (Wildman–Crippen LogP) is 1.67. The van der Waals surface area contributed by atoms with Crippen LogP contribution >= 0.6 is 0 Å². The lowest BCUT2D eigenvalue weighted by Gasteiger charge is -2.32. The lowest BCUT2D eigenvalue weighted by atomic mass is 9.85. The number of alkyl halides is 2. The average molecular weight is 343 g/mol. The van der Waals surface area contributed by atoms with Crippen molar-refractivity contribution >= 4 is 5.91 Å². The second-order valence-electron chi connectivity index (χ2n) is 6.54. The number of nitrogens with one attached hydrogen (secondary N) is 1. The number of aromatic nitrogens is 1. The molecule has 1 unspecified atom stereocenters. The minimum Gasteiger partial charge on any atom is -0.381 e. The van der Waals surface area contributed by atoms with Crippen LogP contribution in [0.1, 0.15) is 25.0 Å². The summed E-state index contributed by atoms with van der Waals surface area (Å²) in [5, 5.41) is 7.03. The van der Waals surface area contributed by atoms with Gasteiger partial charge in [0.2, 0.25) is 5.91 Å². The van der Waals surface area contributed by atoms with Crippen LogP contribution in [0.5, 0.6) is 0 Å². The Kier molecular flexibility index (Phi) is 5.45. The van der Waals surface area contributed by atoms with Gasteiger partial charge >= 0.3 is 0 Å². The van der Waals surface area contributed by atoms with Crippen LogP contribution in [0.25, 0.3) is 0 Å². The fourth-order valence-electron chi connectivity index (χ4n) is 3.42. The second kappa shape index (κ2) is 7.57. The topological polar surface area (TPSA) is 67.6 Å². The van der Waals surface area contributed by atoms with Crippen molar-refractivity contribution in [2.75, 3.05) is 32.8 Å². The molecular formula is C16H23F2N3O3. The number of nitrogens with zero attached hydrogens (tertiary/aromatic N) is 2. The highest BCUT2D eigenvalue weighted by atomic mass is 19.3. The van der Waals surface area contributed by atoms with Crippen molar-refractivity contribution < 1.29 is 22.8 Å². The van der Waals surface area contributed by atoms with E-state index in [-0.39, 0.29) is 30.7 Å². The summed E-state index contributed by atoms with van der Waals surface area (Å²) in [6.07, 6.45) is 2.81. The van der Waals surface area contributed by atoms with E-state index >= 15 is 0 Å². The number of carbonyl (C=O) groups is 1. The molecule has 6 nitrogen and oxygen atoms in total. The lowest BCUT2D eigenvalue weighted by molar-refractivity contribution is -0.139. The summed E-state index contributed by atoms with van der Waals surface area (Å²) < 4.78 is 37.0. The van der Waals surface area contributed by atoms with Crippen molar-refractivity contribution in [3.8, 4) is 0 Å². The van der Waals surface area contributed by atoms with E-state index in [2.05, 4.69) is 10.5 Å². The molecule has 0 saturated carbocycles. The van der Waals surface area contributed by atoms with Gasteiger partial charge in [0, 0.05) is 45.3 Å². The summed E-state index contributed by atoms with van der Waals surface area (Å²) in [6.45, 7) is 1.84. The summed E-state index contributed by atoms with van der Waals surface area (Å²) >= 11 is 0. The summed E-state index contributed by atoms with van der Waals surface area (Å²) in [6, 6.07) is 1.75. The molecule has 3 heterocycles. The Morgan fingerprint density at radius 3 is 2.88 bits per heavy atom. The number of amides is 1. The van der Waals surface area contributed by atoms with Gasteiger partial charge in [-0.2, -0.15) is 0 Å². The van der Waals surface area contributed by atoms with Crippen LogP contribution in [0.3, 0.4) is 0 Å². The van der Waals surface area contributed by atoms with Crippen LogP contribution in [0.2, 0.25) is 0 Å². The van der Waals surface area contributed by atoms with E-state index in [1.807, 2.05) is 0 Å². The van der Waals surface area contributed by atoms with Crippen molar-refractivity contribution in [1.29, 1.82) is 0 Å². The van der Waals surface area contributed by atoms with E-state index in [9.17, 15) is 13.6 Å². The fourth-order valence-corrected chi connectivity index (χ4v) is 3.42. The zero-order valence-corrected chi connectivity index (χ0v) is 13.5. The molecule has 1 aromatic rings. The molecule has 24 heavy (non-hydrogen) atoms. The largest absolute Gasteiger partial charge is 0.381 e. The SMILES string of the molecule is O=C(C(CNCc1ccon1)C1CCOCC1)N1CCC(F)(F)C1. The highest BCUT2D eigenvalue weighted by Crippen LogP contribution is 2.31. The minimum atomic E-state index is -2.76. The summed E-state index contributed by atoms with van der Waals surface area (Å²) in [5.41, 5.74) is 0.751. The first kappa shape index (κ1) is 17.3. The van der Waals surface area contributed by atoms with Gasteiger partial charge in [-0.25, -0.2) is 8.78 Å². The normalized spacial score (nSPS) is 22.7. The first-order chi connectivity index (χ1) is 11.6. The number of ether oxygens (including phenoxy) is 1. The van der Waals surface area contributed by atoms with Crippen molar-refractivity contribution in [3.05, 3.63) is 18.0 Å². The van der Waals surface area contributed by atoms with Crippen LogP contribution in [0.4, 0.5) is 8.78 Å². The number of halogens is 2. The van der Waals surface area contributed by atoms with E-state index in [0.717, 1.165) is 18.5 Å². The van der Waals surface area contributed by atoms with E-state index in [1.54, 1.807) is 6.07 Å². The van der Waals surface area contributed by atoms with Gasteiger partial charge in [-0.1, -0.05) is 5.16 Å². The van der Waals surface area contributed by atoms with Crippen LogP contribution in [-0.4, -0.2) is 54.7 Å². The highest BCUT2D eigenvalue weighted by Gasteiger charge is 2.43. The van der Waals surface area contributed by atoms with E-state index in [4.69, 9.17) is 9.26 Å². The van der Waals surface area contributed by atoms with Gasteiger partial charge in [-0.05, 0) is 18.8 Å². The molecule has 0 aromatic carbocycles. The Balaban J connectivity index is 1.61. The molecule has 3 rings (SSSR count). The summed E-state index contributed by atoms with van der Waals surface area (Å²) in [7, 11) is 0. The van der Waals surface area contributed by atoms with Crippen molar-refractivity contribution in [3.63, 3.8) is 0 Å². The first-order valence-corrected chi connectivity index (χ1v) is 8.39. The molecule has 1 amide bonds. The van der Waals surface area contributed by atoms with E-state index < -0.39 is 12.5 Å². The van der Waals surface area contributed by atoms with E-state index in [1.165, 1.54) is 11.2 Å². The van der Waals surface area contributed by atoms with Crippen LogP contribution in [0, 0.1) is 11.8 Å². The molecule has 1 atom stereocenters. The van der Waals surface area contributed by atoms with Crippen LogP contribution in [-0.2, 0) is 16.1 Å². The van der Waals surface area contributed by atoms with Gasteiger partial charge in [-0.3, -0.25) is 4.79 Å². The molecule has 0 radical (unpaired) electrons. The Morgan fingerprint density at radius 1 is 1.46 bits per heavy atom. The molecular weight excluding hydrogens is 320 g/mol. The van der Waals surface area contributed by atoms with Crippen molar-refractivity contribution in [2.24, 2.45) is 11.8 Å². The van der Waals surface area contributed by atoms with Gasteiger partial charge in [0.15, 0.2) is 0 Å². The number of likely N-dealkylation sites (tertiary alicyclic amines) is 1. The number of rotatable bonds is 6. The molecule has 1 N–H and O–H groups in total. The molecule has 134 valence electrons. The van der Waals surface area contributed by atoms with Crippen molar-refractivity contribution in [1.82, 2.24) is 15.4 Å². The Labute approximate surface area is 139 Å². The average Bonchev–Trinajstić information content (AvgIpc) is 3.21. The quantitative estimate of drug-likeness (QED) is 0.851. The zero-order chi connectivity index (χ0) is 17.0. The smallest absolute Gasteiger partial charge is 0.267 e. The lowest BCUT2D eigenvalue weighted by Crippen LogP contribution is -2.44. The Morgan fingerprint density at radius 2 is 2.25 bits per heavy atom. The zero-order valence-electron chi connectivity index (χ0n) is 13.5. The second-order valence-corrected chi connectivity index (χ2v) is 6.54. The van der Waals surface area contributed by atoms with Gasteiger partial charge in [0.1, 0.15) is 6.26 Å². The minimum absolute atomic E-state index is 0.134. The monoisotopic (exact) mass is 343 g/mol. The van der Waals surface area contributed by atoms with Crippen LogP contribution < -0.4 is 5.32 Å². The fraction of sp³-hybridized carbons (Fsp3) is 0.750. The summed E-state index contributed by atoms with van der Waals surface area (Å²) in [4.78, 5) is 14.1. The molecule has 0 aliphatic carbocycles. The molecule has 0 spiro atoms. The maximum Gasteiger partial charge on any atom is 0.267 e. The maximum atomic E-state index is 13.5. The first-order valence-electron chi connectivity index (χ1n) is 8.39. The Bertz CT molecular complexity index is 533. The van der Waals surface area contributed by atoms with Crippen LogP contribution in [0.15, 0.2) is 16.9 Å². The summed E-state index contributed by atoms with van der Waals surface area (Å²) in [5.74, 6) is -3.09. The molecule has 0 bridgehead atoms. The van der Waals surface area contributed by atoms with Gasteiger partial charge in [0.05, 0.1) is 18.2 Å². The van der Waals surface area contributed by atoms with Crippen molar-refractivity contribution in [2.45, 2.75) is 31.7 Å². The Hall–Kier alpha value is -1.54. The number of hydrogen-bond acceptors (Lipinski definition) is 5. The molecule has 2 saturated heterocycles. The predicted molar refractivity (Wildman–Crippen MR) is 81.4 cm³/mol. The maximum absolute atomic E-state index is 13.5. The highest BCUT2D eigenvalue weighted by molar-refractivity contribution is 5.79. The van der Waals surface area contributed by atoms with E-state index in [0.29, 0.717) is 26.3 Å². The number of hydrogen-bond donors (Lipinski definition) is 1. The van der Waals surface area contributed by atoms with Gasteiger partial charge in [-0.15, -0.1) is 0 Å². The molecule has 2 aliphatic heterocycles. The van der Waals surface area contributed by atoms with Gasteiger partial charge < -0.3 is 19.5 Å².